The van der Waals surface area contributed by atoms with E-state index in [1.165, 1.54) is 25.7 Å². The quantitative estimate of drug-likeness (QED) is 0.519. The molecule has 6 saturated carbocycles. The first kappa shape index (κ1) is 15.9. The molecular weight excluding hydrogens is 286 g/mol. The molecule has 0 radical (unpaired) electrons. The van der Waals surface area contributed by atoms with Crippen molar-refractivity contribution in [3.05, 3.63) is 0 Å². The van der Waals surface area contributed by atoms with Gasteiger partial charge in [-0.1, -0.05) is 54.4 Å². The van der Waals surface area contributed by atoms with Crippen molar-refractivity contribution in [1.82, 2.24) is 0 Å². The normalized spacial score (nSPS) is 54.1. The third kappa shape index (κ3) is 1.84. The van der Waals surface area contributed by atoms with Crippen LogP contribution in [0.5, 0.6) is 0 Å². The molecule has 0 amide bonds. The van der Waals surface area contributed by atoms with E-state index in [4.69, 9.17) is 11.5 Å². The average molecular weight is 321 g/mol. The SMILES string of the molecule is C[C@@H]1C(B(Cl)C2CC3CC([C@@H]2C)C3(C)C)CC2CC1C2(C)C. The summed E-state index contributed by atoms with van der Waals surface area (Å²) in [7, 11) is 0. The van der Waals surface area contributed by atoms with Gasteiger partial charge in [-0.3, -0.25) is 0 Å². The summed E-state index contributed by atoms with van der Waals surface area (Å²) in [6, 6.07) is 0. The van der Waals surface area contributed by atoms with E-state index >= 15 is 0 Å². The minimum absolute atomic E-state index is 0.438. The highest BCUT2D eigenvalue weighted by molar-refractivity contribution is 7.08. The first-order chi connectivity index (χ1) is 10.2. The summed E-state index contributed by atoms with van der Waals surface area (Å²) >= 11 is 7.19. The van der Waals surface area contributed by atoms with Crippen LogP contribution in [0.25, 0.3) is 0 Å². The molecule has 0 aromatic rings. The van der Waals surface area contributed by atoms with Gasteiger partial charge in [-0.05, 0) is 70.8 Å². The summed E-state index contributed by atoms with van der Waals surface area (Å²) in [6.07, 6.45) is 6.20. The minimum atomic E-state index is 0.438. The second-order valence-electron chi connectivity index (χ2n) is 10.7. The second-order valence-corrected chi connectivity index (χ2v) is 11.2. The summed E-state index contributed by atoms with van der Waals surface area (Å²) in [5.74, 6) is 7.00. The van der Waals surface area contributed by atoms with Gasteiger partial charge in [0.05, 0.1) is 0 Å². The Bertz CT molecular complexity index is 428. The van der Waals surface area contributed by atoms with Crippen molar-refractivity contribution in [2.24, 2.45) is 46.3 Å². The van der Waals surface area contributed by atoms with E-state index in [-0.39, 0.29) is 0 Å². The van der Waals surface area contributed by atoms with Crippen LogP contribution in [0.15, 0.2) is 0 Å². The largest absolute Gasteiger partial charge is 0.257 e. The summed E-state index contributed by atoms with van der Waals surface area (Å²) in [5, 5.41) is 0. The molecule has 6 unspecified atom stereocenters. The van der Waals surface area contributed by atoms with Crippen LogP contribution in [0.3, 0.4) is 0 Å². The Balaban J connectivity index is 1.49. The van der Waals surface area contributed by atoms with Crippen molar-refractivity contribution in [2.45, 2.75) is 78.9 Å². The molecule has 2 heteroatoms. The van der Waals surface area contributed by atoms with Crippen molar-refractivity contribution in [3.63, 3.8) is 0 Å². The monoisotopic (exact) mass is 320 g/mol. The highest BCUT2D eigenvalue weighted by Gasteiger charge is 2.62. The Hall–Kier alpha value is 0.355. The molecule has 0 spiro atoms. The van der Waals surface area contributed by atoms with Gasteiger partial charge in [-0.15, -0.1) is 0 Å². The lowest BCUT2D eigenvalue weighted by Gasteiger charge is -2.65. The molecule has 6 aliphatic rings. The Morgan fingerprint density at radius 3 is 1.36 bits per heavy atom. The lowest BCUT2D eigenvalue weighted by Crippen LogP contribution is -2.58. The van der Waals surface area contributed by atoms with Gasteiger partial charge in [0.1, 0.15) is 0 Å². The number of halogens is 1. The highest BCUT2D eigenvalue weighted by atomic mass is 35.5. The maximum atomic E-state index is 7.19. The lowest BCUT2D eigenvalue weighted by atomic mass is 9.30. The maximum Gasteiger partial charge on any atom is 0.257 e. The fraction of sp³-hybridized carbons (Fsp3) is 1.00. The van der Waals surface area contributed by atoms with E-state index in [0.717, 1.165) is 47.1 Å². The van der Waals surface area contributed by atoms with Crippen LogP contribution in [0.2, 0.25) is 11.6 Å². The standard InChI is InChI=1S/C20H34BCl/c1-11-15-7-13(19(15,3)4)9-17(11)21(22)18-10-14-8-16(12(18)2)20(14,5)6/h11-18H,7-10H2,1-6H3/t11-,12-,13?,14?,15?,16?,17?,18?/m0/s1. The van der Waals surface area contributed by atoms with Crippen LogP contribution in [-0.4, -0.2) is 6.13 Å². The molecule has 0 saturated heterocycles. The van der Waals surface area contributed by atoms with E-state index in [9.17, 15) is 0 Å². The molecule has 4 bridgehead atoms. The molecule has 6 aliphatic carbocycles. The zero-order valence-electron chi connectivity index (χ0n) is 15.4. The number of fused-ring (bicyclic) bond motifs is 4. The van der Waals surface area contributed by atoms with Crippen LogP contribution in [0.1, 0.15) is 67.2 Å². The molecule has 124 valence electrons. The minimum Gasteiger partial charge on any atom is -0.195 e. The van der Waals surface area contributed by atoms with E-state index in [1.807, 2.05) is 0 Å². The van der Waals surface area contributed by atoms with Crippen molar-refractivity contribution < 1.29 is 0 Å². The van der Waals surface area contributed by atoms with Crippen LogP contribution in [0, 0.1) is 46.3 Å². The topological polar surface area (TPSA) is 0 Å². The number of hydrogen-bond acceptors (Lipinski definition) is 0. The molecule has 0 aliphatic heterocycles. The van der Waals surface area contributed by atoms with Crippen molar-refractivity contribution in [2.75, 3.05) is 0 Å². The third-order valence-corrected chi connectivity index (χ3v) is 10.3. The van der Waals surface area contributed by atoms with Gasteiger partial charge < -0.3 is 0 Å². The average Bonchev–Trinajstić information content (AvgIpc) is 2.45. The fourth-order valence-corrected chi connectivity index (χ4v) is 8.20. The molecule has 22 heavy (non-hydrogen) atoms. The second kappa shape index (κ2) is 4.71. The summed E-state index contributed by atoms with van der Waals surface area (Å²) in [4.78, 5) is 0. The first-order valence-electron chi connectivity index (χ1n) is 9.79. The molecule has 8 atom stereocenters. The summed E-state index contributed by atoms with van der Waals surface area (Å²) < 4.78 is 0. The molecule has 0 aromatic carbocycles. The summed E-state index contributed by atoms with van der Waals surface area (Å²) in [5.41, 5.74) is 1.18. The Kier molecular flexibility index (Phi) is 3.39. The predicted molar refractivity (Wildman–Crippen MR) is 97.4 cm³/mol. The Morgan fingerprint density at radius 2 is 1.09 bits per heavy atom. The zero-order valence-corrected chi connectivity index (χ0v) is 16.2. The summed E-state index contributed by atoms with van der Waals surface area (Å²) in [6.45, 7) is 15.0. The number of rotatable bonds is 2. The molecule has 6 fully saturated rings. The van der Waals surface area contributed by atoms with Gasteiger partial charge in [0.2, 0.25) is 0 Å². The maximum absolute atomic E-state index is 7.19. The van der Waals surface area contributed by atoms with E-state index < -0.39 is 0 Å². The third-order valence-electron chi connectivity index (χ3n) is 9.64. The van der Waals surface area contributed by atoms with Gasteiger partial charge in [0, 0.05) is 0 Å². The molecule has 0 nitrogen and oxygen atoms in total. The first-order valence-corrected chi connectivity index (χ1v) is 10.2. The van der Waals surface area contributed by atoms with Crippen molar-refractivity contribution in [3.8, 4) is 0 Å². The zero-order chi connectivity index (χ0) is 16.0. The van der Waals surface area contributed by atoms with Gasteiger partial charge in [-0.25, -0.2) is 0 Å². The van der Waals surface area contributed by atoms with Crippen molar-refractivity contribution >= 4 is 17.6 Å². The molecule has 6 rings (SSSR count). The van der Waals surface area contributed by atoms with Gasteiger partial charge in [0.15, 0.2) is 0 Å². The lowest BCUT2D eigenvalue weighted by molar-refractivity contribution is -0.106. The van der Waals surface area contributed by atoms with Gasteiger partial charge in [0.25, 0.3) is 6.13 Å². The van der Waals surface area contributed by atoms with E-state index in [1.54, 1.807) is 0 Å². The highest BCUT2D eigenvalue weighted by Crippen LogP contribution is 2.69. The molecular formula is C20H34BCl. The van der Waals surface area contributed by atoms with Crippen LogP contribution < -0.4 is 0 Å². The Labute approximate surface area is 143 Å². The van der Waals surface area contributed by atoms with Crippen LogP contribution in [-0.2, 0) is 0 Å². The van der Waals surface area contributed by atoms with Crippen molar-refractivity contribution in [1.29, 1.82) is 0 Å². The molecule has 0 N–H and O–H groups in total. The van der Waals surface area contributed by atoms with Gasteiger partial charge >= 0.3 is 0 Å². The predicted octanol–water partition coefficient (Wildman–Crippen LogP) is 6.36. The fourth-order valence-electron chi connectivity index (χ4n) is 7.54. The van der Waals surface area contributed by atoms with E-state index in [2.05, 4.69) is 41.5 Å². The number of hydrogen-bond donors (Lipinski definition) is 0. The smallest absolute Gasteiger partial charge is 0.195 e. The van der Waals surface area contributed by atoms with Crippen LogP contribution in [0.4, 0.5) is 0 Å². The molecule has 0 aromatic heterocycles. The van der Waals surface area contributed by atoms with E-state index in [0.29, 0.717) is 17.0 Å². The molecule has 0 heterocycles. The Morgan fingerprint density at radius 1 is 0.727 bits per heavy atom. The van der Waals surface area contributed by atoms with Gasteiger partial charge in [-0.2, -0.15) is 11.5 Å². The van der Waals surface area contributed by atoms with Crippen LogP contribution >= 0.6 is 11.5 Å².